The highest BCUT2D eigenvalue weighted by Crippen LogP contribution is 2.16. The summed E-state index contributed by atoms with van der Waals surface area (Å²) in [5.41, 5.74) is 1.24. The van der Waals surface area contributed by atoms with Crippen LogP contribution in [-0.2, 0) is 11.2 Å². The summed E-state index contributed by atoms with van der Waals surface area (Å²) in [7, 11) is 1.59. The van der Waals surface area contributed by atoms with Crippen molar-refractivity contribution in [1.82, 2.24) is 10.3 Å². The number of pyridine rings is 1. The maximum absolute atomic E-state index is 11.5. The maximum Gasteiger partial charge on any atom is 0.321 e. The summed E-state index contributed by atoms with van der Waals surface area (Å²) in [6.45, 7) is 0. The van der Waals surface area contributed by atoms with E-state index in [9.17, 15) is 9.59 Å². The first-order valence-electron chi connectivity index (χ1n) is 5.63. The summed E-state index contributed by atoms with van der Waals surface area (Å²) < 4.78 is 0. The van der Waals surface area contributed by atoms with Crippen LogP contribution in [-0.4, -0.2) is 29.1 Å². The van der Waals surface area contributed by atoms with E-state index in [-0.39, 0.29) is 12.0 Å². The molecule has 0 aliphatic carbocycles. The number of rotatable bonds is 4. The SMILES string of the molecule is CN[C@@H](Cc1cc(=O)[nH]c2ccccc12)C(=O)O. The summed E-state index contributed by atoms with van der Waals surface area (Å²) in [4.78, 5) is 25.3. The molecule has 2 rings (SSSR count). The Kier molecular flexibility index (Phi) is 3.43. The molecule has 1 aromatic carbocycles. The molecule has 0 unspecified atom stereocenters. The standard InChI is InChI=1S/C13H14N2O3/c1-14-11(13(17)18)6-8-7-12(16)15-10-5-3-2-4-9(8)10/h2-5,7,11,14H,6H2,1H3,(H,15,16)(H,17,18)/t11-/m0/s1. The summed E-state index contributed by atoms with van der Waals surface area (Å²) in [5, 5.41) is 12.6. The second-order valence-electron chi connectivity index (χ2n) is 4.09. The van der Waals surface area contributed by atoms with E-state index in [0.717, 1.165) is 16.5 Å². The second kappa shape index (κ2) is 5.01. The third kappa shape index (κ3) is 2.41. The molecule has 2 aromatic rings. The molecule has 18 heavy (non-hydrogen) atoms. The zero-order valence-electron chi connectivity index (χ0n) is 9.93. The molecule has 0 spiro atoms. The Morgan fingerprint density at radius 3 is 2.83 bits per heavy atom. The summed E-state index contributed by atoms with van der Waals surface area (Å²) in [5.74, 6) is -0.929. The Balaban J connectivity index is 2.50. The number of carbonyl (C=O) groups is 1. The first-order chi connectivity index (χ1) is 8.61. The number of aromatic nitrogens is 1. The molecule has 1 atom stereocenters. The Labute approximate surface area is 103 Å². The van der Waals surface area contributed by atoms with Crippen LogP contribution in [0, 0.1) is 0 Å². The van der Waals surface area contributed by atoms with Crippen molar-refractivity contribution in [3.63, 3.8) is 0 Å². The monoisotopic (exact) mass is 246 g/mol. The topological polar surface area (TPSA) is 82.2 Å². The van der Waals surface area contributed by atoms with Crippen LogP contribution in [0.3, 0.4) is 0 Å². The van der Waals surface area contributed by atoms with E-state index < -0.39 is 12.0 Å². The number of likely N-dealkylation sites (N-methyl/N-ethyl adjacent to an activating group) is 1. The van der Waals surface area contributed by atoms with E-state index >= 15 is 0 Å². The summed E-state index contributed by atoms with van der Waals surface area (Å²) >= 11 is 0. The highest BCUT2D eigenvalue weighted by atomic mass is 16.4. The molecule has 3 N–H and O–H groups in total. The van der Waals surface area contributed by atoms with Crippen molar-refractivity contribution in [1.29, 1.82) is 0 Å². The van der Waals surface area contributed by atoms with E-state index in [1.54, 1.807) is 13.1 Å². The largest absolute Gasteiger partial charge is 0.480 e. The molecular formula is C13H14N2O3. The van der Waals surface area contributed by atoms with Gasteiger partial charge in [0.1, 0.15) is 6.04 Å². The fourth-order valence-corrected chi connectivity index (χ4v) is 1.98. The average Bonchev–Trinajstić information content (AvgIpc) is 2.35. The molecule has 5 nitrogen and oxygen atoms in total. The number of hydrogen-bond donors (Lipinski definition) is 3. The zero-order valence-corrected chi connectivity index (χ0v) is 9.93. The minimum absolute atomic E-state index is 0.219. The van der Waals surface area contributed by atoms with Crippen LogP contribution in [0.15, 0.2) is 35.1 Å². The van der Waals surface area contributed by atoms with E-state index in [2.05, 4.69) is 10.3 Å². The Morgan fingerprint density at radius 2 is 2.17 bits per heavy atom. The summed E-state index contributed by atoms with van der Waals surface area (Å²) in [6, 6.07) is 8.11. The normalized spacial score (nSPS) is 12.5. The Hall–Kier alpha value is -2.14. The van der Waals surface area contributed by atoms with Crippen molar-refractivity contribution in [2.45, 2.75) is 12.5 Å². The number of aliphatic carboxylic acids is 1. The lowest BCUT2D eigenvalue weighted by Crippen LogP contribution is -2.36. The van der Waals surface area contributed by atoms with Gasteiger partial charge in [-0.25, -0.2) is 0 Å². The van der Waals surface area contributed by atoms with E-state index in [1.807, 2.05) is 18.2 Å². The van der Waals surface area contributed by atoms with Gasteiger partial charge in [0.15, 0.2) is 0 Å². The van der Waals surface area contributed by atoms with Gasteiger partial charge in [0, 0.05) is 17.0 Å². The van der Waals surface area contributed by atoms with Crippen LogP contribution < -0.4 is 10.9 Å². The molecular weight excluding hydrogens is 232 g/mol. The van der Waals surface area contributed by atoms with Crippen molar-refractivity contribution < 1.29 is 9.90 Å². The smallest absolute Gasteiger partial charge is 0.321 e. The van der Waals surface area contributed by atoms with E-state index in [1.165, 1.54) is 6.07 Å². The third-order valence-corrected chi connectivity index (χ3v) is 2.91. The highest BCUT2D eigenvalue weighted by molar-refractivity contribution is 5.83. The van der Waals surface area contributed by atoms with E-state index in [4.69, 9.17) is 5.11 Å². The molecule has 0 saturated carbocycles. The first kappa shape index (κ1) is 12.3. The zero-order chi connectivity index (χ0) is 13.1. The molecule has 5 heteroatoms. The number of para-hydroxylation sites is 1. The number of hydrogen-bond acceptors (Lipinski definition) is 3. The lowest BCUT2D eigenvalue weighted by Gasteiger charge is -2.12. The van der Waals surface area contributed by atoms with E-state index in [0.29, 0.717) is 0 Å². The van der Waals surface area contributed by atoms with Crippen molar-refractivity contribution >= 4 is 16.9 Å². The van der Waals surface area contributed by atoms with Crippen LogP contribution >= 0.6 is 0 Å². The fraction of sp³-hybridized carbons (Fsp3) is 0.231. The predicted molar refractivity (Wildman–Crippen MR) is 68.8 cm³/mol. The van der Waals surface area contributed by atoms with Gasteiger partial charge in [-0.15, -0.1) is 0 Å². The lowest BCUT2D eigenvalue weighted by molar-refractivity contribution is -0.139. The van der Waals surface area contributed by atoms with Crippen molar-refractivity contribution in [2.75, 3.05) is 7.05 Å². The molecule has 0 aliphatic rings. The number of nitrogens with one attached hydrogen (secondary N) is 2. The van der Waals surface area contributed by atoms with Crippen molar-refractivity contribution in [3.05, 3.63) is 46.2 Å². The molecule has 0 aliphatic heterocycles. The van der Waals surface area contributed by atoms with Crippen LogP contribution in [0.2, 0.25) is 0 Å². The first-order valence-corrected chi connectivity index (χ1v) is 5.63. The molecule has 1 aromatic heterocycles. The number of carboxylic acids is 1. The van der Waals surface area contributed by atoms with Crippen molar-refractivity contribution in [2.24, 2.45) is 0 Å². The lowest BCUT2D eigenvalue weighted by atomic mass is 10.0. The second-order valence-corrected chi connectivity index (χ2v) is 4.09. The van der Waals surface area contributed by atoms with Gasteiger partial charge in [0.25, 0.3) is 0 Å². The molecule has 0 amide bonds. The Morgan fingerprint density at radius 1 is 1.44 bits per heavy atom. The fourth-order valence-electron chi connectivity index (χ4n) is 1.98. The molecule has 1 heterocycles. The number of H-pyrrole nitrogens is 1. The average molecular weight is 246 g/mol. The quantitative estimate of drug-likeness (QED) is 0.743. The van der Waals surface area contributed by atoms with Gasteiger partial charge in [-0.2, -0.15) is 0 Å². The van der Waals surface area contributed by atoms with Gasteiger partial charge in [0.05, 0.1) is 0 Å². The van der Waals surface area contributed by atoms with Gasteiger partial charge < -0.3 is 15.4 Å². The molecule has 0 saturated heterocycles. The molecule has 0 radical (unpaired) electrons. The maximum atomic E-state index is 11.5. The van der Waals surface area contributed by atoms with Gasteiger partial charge in [-0.05, 0) is 25.1 Å². The van der Waals surface area contributed by atoms with Crippen LogP contribution in [0.25, 0.3) is 10.9 Å². The third-order valence-electron chi connectivity index (χ3n) is 2.91. The highest BCUT2D eigenvalue weighted by Gasteiger charge is 2.17. The number of aromatic amines is 1. The molecule has 0 fully saturated rings. The number of fused-ring (bicyclic) bond motifs is 1. The number of carboxylic acid groups (broad SMARTS) is 1. The molecule has 94 valence electrons. The van der Waals surface area contributed by atoms with Crippen molar-refractivity contribution in [3.8, 4) is 0 Å². The number of benzene rings is 1. The van der Waals surface area contributed by atoms with Gasteiger partial charge >= 0.3 is 5.97 Å². The minimum atomic E-state index is -0.929. The Bertz CT molecular complexity index is 633. The van der Waals surface area contributed by atoms with Gasteiger partial charge in [-0.1, -0.05) is 18.2 Å². The molecule has 0 bridgehead atoms. The van der Waals surface area contributed by atoms with Gasteiger partial charge in [-0.3, -0.25) is 9.59 Å². The van der Waals surface area contributed by atoms with Gasteiger partial charge in [0.2, 0.25) is 5.56 Å². The van der Waals surface area contributed by atoms with Crippen LogP contribution in [0.5, 0.6) is 0 Å². The minimum Gasteiger partial charge on any atom is -0.480 e. The van der Waals surface area contributed by atoms with Crippen LogP contribution in [0.1, 0.15) is 5.56 Å². The summed E-state index contributed by atoms with van der Waals surface area (Å²) in [6.07, 6.45) is 0.274. The predicted octanol–water partition coefficient (Wildman–Crippen LogP) is 0.743. The van der Waals surface area contributed by atoms with Crippen LogP contribution in [0.4, 0.5) is 0 Å².